The van der Waals surface area contributed by atoms with Gasteiger partial charge < -0.3 is 9.16 Å². The van der Waals surface area contributed by atoms with Gasteiger partial charge in [0.1, 0.15) is 0 Å². The van der Waals surface area contributed by atoms with Crippen molar-refractivity contribution in [2.24, 2.45) is 23.7 Å². The Balaban J connectivity index is 1.77. The van der Waals surface area contributed by atoms with Crippen LogP contribution in [0.1, 0.15) is 67.7 Å². The first-order valence-corrected chi connectivity index (χ1v) is 13.3. The second-order valence-electron chi connectivity index (χ2n) is 11.5. The molecule has 3 heteroatoms. The fourth-order valence-electron chi connectivity index (χ4n) is 5.00. The summed E-state index contributed by atoms with van der Waals surface area (Å²) in [5.74, 6) is 2.68. The maximum Gasteiger partial charge on any atom is 0.192 e. The van der Waals surface area contributed by atoms with Crippen LogP contribution in [0, 0.1) is 23.7 Å². The van der Waals surface area contributed by atoms with E-state index in [1.165, 1.54) is 19.3 Å². The smallest absolute Gasteiger partial charge is 0.192 e. The first-order chi connectivity index (χ1) is 11.3. The molecule has 0 spiro atoms. The molecule has 2 bridgehead atoms. The van der Waals surface area contributed by atoms with Crippen molar-refractivity contribution in [3.63, 3.8) is 0 Å². The summed E-state index contributed by atoms with van der Waals surface area (Å²) in [6, 6.07) is 0. The lowest BCUT2D eigenvalue weighted by molar-refractivity contribution is -0.0790. The van der Waals surface area contributed by atoms with Gasteiger partial charge in [-0.25, -0.2) is 0 Å². The molecule has 0 aromatic heterocycles. The van der Waals surface area contributed by atoms with E-state index in [2.05, 4.69) is 67.6 Å². The zero-order valence-corrected chi connectivity index (χ0v) is 19.0. The maximum atomic E-state index is 6.92. The summed E-state index contributed by atoms with van der Waals surface area (Å²) in [6.07, 6.45) is 7.16. The Morgan fingerprint density at radius 3 is 2.24 bits per heavy atom. The molecular weight excluding hydrogens is 324 g/mol. The van der Waals surface area contributed by atoms with Crippen molar-refractivity contribution in [1.82, 2.24) is 0 Å². The molecule has 2 fully saturated rings. The van der Waals surface area contributed by atoms with E-state index in [9.17, 15) is 0 Å². The molecule has 0 aromatic rings. The summed E-state index contributed by atoms with van der Waals surface area (Å²) >= 11 is 0. The predicted molar refractivity (Wildman–Crippen MR) is 108 cm³/mol. The normalized spacial score (nSPS) is 38.7. The van der Waals surface area contributed by atoms with Crippen LogP contribution >= 0.6 is 0 Å². The van der Waals surface area contributed by atoms with Gasteiger partial charge in [-0.05, 0) is 70.0 Å². The third kappa shape index (κ3) is 3.79. The Morgan fingerprint density at radius 1 is 1.04 bits per heavy atom. The SMILES string of the molecule is C[C@H]1CC2=C[C@@H]3C[C@@H](C[C@@H]1O[Si](C)(C)C(C)(C)C)[C@@H]2[C@H]3OC(C)(C)C. The summed E-state index contributed by atoms with van der Waals surface area (Å²) in [5, 5.41) is 0.285. The highest BCUT2D eigenvalue weighted by Gasteiger charge is 2.53. The number of fused-ring (bicyclic) bond motifs is 1. The van der Waals surface area contributed by atoms with E-state index in [1.807, 2.05) is 0 Å². The van der Waals surface area contributed by atoms with Crippen molar-refractivity contribution in [3.8, 4) is 0 Å². The summed E-state index contributed by atoms with van der Waals surface area (Å²) in [6.45, 7) is 20.9. The first kappa shape index (κ1) is 19.6. The van der Waals surface area contributed by atoms with Gasteiger partial charge in [0.05, 0.1) is 11.7 Å². The zero-order chi connectivity index (χ0) is 18.8. The molecule has 0 aromatic carbocycles. The molecule has 0 amide bonds. The lowest BCUT2D eigenvalue weighted by Gasteiger charge is -2.41. The minimum absolute atomic E-state index is 0.0456. The highest BCUT2D eigenvalue weighted by Crippen LogP contribution is 2.56. The quantitative estimate of drug-likeness (QED) is 0.439. The fourth-order valence-corrected chi connectivity index (χ4v) is 6.44. The number of hydrogen-bond donors (Lipinski definition) is 0. The van der Waals surface area contributed by atoms with Crippen LogP contribution in [-0.2, 0) is 9.16 Å². The molecule has 3 rings (SSSR count). The molecule has 0 unspecified atom stereocenters. The summed E-state index contributed by atoms with van der Waals surface area (Å²) in [4.78, 5) is 0. The highest BCUT2D eigenvalue weighted by atomic mass is 28.4. The van der Waals surface area contributed by atoms with Crippen molar-refractivity contribution in [2.45, 2.75) is 104 Å². The molecule has 0 heterocycles. The Bertz CT molecular complexity index is 537. The standard InChI is InChI=1S/C22H40O2Si/c1-14-10-15-11-17-12-16(19(15)20(17)23-21(2,3)4)13-18(14)24-25(8,9)22(5,6)7/h11,14,16-20H,10,12-13H2,1-9H3/t14-,16-,17+,18-,19+,20-/m0/s1. The average Bonchev–Trinajstić information content (AvgIpc) is 2.85. The molecule has 3 aliphatic carbocycles. The van der Waals surface area contributed by atoms with Crippen LogP contribution in [0.3, 0.4) is 0 Å². The number of ether oxygens (including phenoxy) is 1. The molecule has 2 saturated carbocycles. The lowest BCUT2D eigenvalue weighted by atomic mass is 9.85. The van der Waals surface area contributed by atoms with Crippen LogP contribution in [-0.4, -0.2) is 26.1 Å². The van der Waals surface area contributed by atoms with Gasteiger partial charge in [0.15, 0.2) is 8.32 Å². The van der Waals surface area contributed by atoms with Crippen LogP contribution in [0.15, 0.2) is 11.6 Å². The first-order valence-electron chi connectivity index (χ1n) is 10.3. The summed E-state index contributed by atoms with van der Waals surface area (Å²) in [7, 11) is -1.71. The zero-order valence-electron chi connectivity index (χ0n) is 18.0. The summed E-state index contributed by atoms with van der Waals surface area (Å²) in [5.41, 5.74) is 1.64. The van der Waals surface area contributed by atoms with Crippen molar-refractivity contribution in [3.05, 3.63) is 11.6 Å². The third-order valence-corrected chi connectivity index (χ3v) is 11.7. The Morgan fingerprint density at radius 2 is 1.68 bits per heavy atom. The molecule has 0 saturated heterocycles. The molecular formula is C22H40O2Si. The van der Waals surface area contributed by atoms with E-state index in [-0.39, 0.29) is 10.6 Å². The lowest BCUT2D eigenvalue weighted by Crippen LogP contribution is -2.45. The minimum Gasteiger partial charge on any atom is -0.414 e. The van der Waals surface area contributed by atoms with E-state index >= 15 is 0 Å². The topological polar surface area (TPSA) is 18.5 Å². The molecule has 0 aliphatic heterocycles. The van der Waals surface area contributed by atoms with Crippen molar-refractivity contribution >= 4 is 8.32 Å². The predicted octanol–water partition coefficient (Wildman–Crippen LogP) is 6.18. The van der Waals surface area contributed by atoms with Gasteiger partial charge in [-0.1, -0.05) is 39.3 Å². The third-order valence-electron chi connectivity index (χ3n) is 7.18. The second kappa shape index (κ2) is 6.20. The Labute approximate surface area is 156 Å². The van der Waals surface area contributed by atoms with Crippen molar-refractivity contribution < 1.29 is 9.16 Å². The molecule has 0 N–H and O–H groups in total. The second-order valence-corrected chi connectivity index (χ2v) is 16.2. The van der Waals surface area contributed by atoms with Gasteiger partial charge in [0.2, 0.25) is 0 Å². The average molecular weight is 365 g/mol. The summed E-state index contributed by atoms with van der Waals surface area (Å²) < 4.78 is 13.4. The van der Waals surface area contributed by atoms with Crippen molar-refractivity contribution in [2.75, 3.05) is 0 Å². The van der Waals surface area contributed by atoms with E-state index < -0.39 is 8.32 Å². The molecule has 2 nitrogen and oxygen atoms in total. The van der Waals surface area contributed by atoms with Crippen molar-refractivity contribution in [1.29, 1.82) is 0 Å². The molecule has 25 heavy (non-hydrogen) atoms. The maximum absolute atomic E-state index is 6.92. The van der Waals surface area contributed by atoms with Gasteiger partial charge in [0, 0.05) is 17.9 Å². The van der Waals surface area contributed by atoms with Crippen LogP contribution in [0.5, 0.6) is 0 Å². The molecule has 0 radical (unpaired) electrons. The van der Waals surface area contributed by atoms with Crippen LogP contribution in [0.4, 0.5) is 0 Å². The Kier molecular flexibility index (Phi) is 4.87. The van der Waals surface area contributed by atoms with Crippen LogP contribution in [0.25, 0.3) is 0 Å². The van der Waals surface area contributed by atoms with E-state index in [1.54, 1.807) is 5.57 Å². The highest BCUT2D eigenvalue weighted by molar-refractivity contribution is 6.74. The molecule has 6 atom stereocenters. The Hall–Kier alpha value is -0.123. The van der Waals surface area contributed by atoms with Gasteiger partial charge >= 0.3 is 0 Å². The number of rotatable bonds is 3. The fraction of sp³-hybridized carbons (Fsp3) is 0.909. The van der Waals surface area contributed by atoms with Gasteiger partial charge in [-0.2, -0.15) is 0 Å². The van der Waals surface area contributed by atoms with Crippen LogP contribution < -0.4 is 0 Å². The molecule has 144 valence electrons. The van der Waals surface area contributed by atoms with Gasteiger partial charge in [0.25, 0.3) is 0 Å². The number of hydrogen-bond acceptors (Lipinski definition) is 2. The molecule has 3 aliphatic rings. The van der Waals surface area contributed by atoms with Gasteiger partial charge in [-0.3, -0.25) is 0 Å². The largest absolute Gasteiger partial charge is 0.414 e. The minimum atomic E-state index is -1.71. The van der Waals surface area contributed by atoms with E-state index in [4.69, 9.17) is 9.16 Å². The van der Waals surface area contributed by atoms with E-state index in [0.717, 1.165) is 5.92 Å². The van der Waals surface area contributed by atoms with E-state index in [0.29, 0.717) is 30.0 Å². The van der Waals surface area contributed by atoms with Gasteiger partial charge in [-0.15, -0.1) is 0 Å². The monoisotopic (exact) mass is 364 g/mol. The van der Waals surface area contributed by atoms with Crippen LogP contribution in [0.2, 0.25) is 18.1 Å².